The molecule has 0 aromatic carbocycles. The Morgan fingerprint density at radius 2 is 2.12 bits per heavy atom. The van der Waals surface area contributed by atoms with E-state index in [1.165, 1.54) is 13.0 Å². The normalized spacial score (nSPS) is 11.1. The lowest BCUT2D eigenvalue weighted by Crippen LogP contribution is -2.32. The predicted molar refractivity (Wildman–Crippen MR) is 76.0 cm³/mol. The van der Waals surface area contributed by atoms with E-state index in [9.17, 15) is 0 Å². The molecule has 0 amide bonds. The quantitative estimate of drug-likeness (QED) is 0.748. The molecule has 0 bridgehead atoms. The van der Waals surface area contributed by atoms with E-state index in [0.29, 0.717) is 0 Å². The van der Waals surface area contributed by atoms with E-state index in [4.69, 9.17) is 0 Å². The number of nitrogens with zero attached hydrogens (tertiary/aromatic N) is 2. The summed E-state index contributed by atoms with van der Waals surface area (Å²) >= 11 is 3.38. The number of halogens is 1. The monoisotopic (exact) mass is 299 g/mol. The molecule has 0 aliphatic carbocycles. The summed E-state index contributed by atoms with van der Waals surface area (Å²) in [4.78, 5) is 6.79. The fraction of sp³-hybridized carbons (Fsp3) is 0.615. The van der Waals surface area contributed by atoms with Crippen molar-refractivity contribution in [3.05, 3.63) is 28.5 Å². The summed E-state index contributed by atoms with van der Waals surface area (Å²) in [6, 6.07) is 4.07. The number of nitrogens with one attached hydrogen (secondary N) is 1. The number of hydrogen-bond acceptors (Lipinski definition) is 3. The van der Waals surface area contributed by atoms with Gasteiger partial charge < -0.3 is 10.2 Å². The van der Waals surface area contributed by atoms with E-state index in [1.807, 2.05) is 18.3 Å². The lowest BCUT2D eigenvalue weighted by Gasteiger charge is -2.19. The highest BCUT2D eigenvalue weighted by Gasteiger charge is 2.00. The zero-order valence-corrected chi connectivity index (χ0v) is 12.3. The largest absolute Gasteiger partial charge is 0.310 e. The van der Waals surface area contributed by atoms with Gasteiger partial charge in [-0.25, -0.2) is 0 Å². The summed E-state index contributed by atoms with van der Waals surface area (Å²) in [7, 11) is 0. The molecule has 1 aromatic heterocycles. The third-order valence-corrected chi connectivity index (χ3v) is 3.16. The van der Waals surface area contributed by atoms with Crippen LogP contribution in [0.3, 0.4) is 0 Å². The van der Waals surface area contributed by atoms with Crippen molar-refractivity contribution in [3.63, 3.8) is 0 Å². The summed E-state index contributed by atoms with van der Waals surface area (Å²) in [6.45, 7) is 9.73. The Balaban J connectivity index is 2.17. The van der Waals surface area contributed by atoms with Gasteiger partial charge in [0.25, 0.3) is 0 Å². The number of likely N-dealkylation sites (N-methyl/N-ethyl adjacent to an activating group) is 1. The molecule has 1 rings (SSSR count). The molecule has 0 radical (unpaired) electrons. The molecule has 0 atom stereocenters. The van der Waals surface area contributed by atoms with Crippen molar-refractivity contribution in [2.75, 3.05) is 26.2 Å². The van der Waals surface area contributed by atoms with Gasteiger partial charge >= 0.3 is 0 Å². The van der Waals surface area contributed by atoms with Crippen LogP contribution in [0.5, 0.6) is 0 Å². The fourth-order valence-electron chi connectivity index (χ4n) is 1.71. The number of hydrogen-bond donors (Lipinski definition) is 1. The van der Waals surface area contributed by atoms with Gasteiger partial charge in [0.2, 0.25) is 0 Å². The minimum absolute atomic E-state index is 0.844. The van der Waals surface area contributed by atoms with Crippen LogP contribution in [-0.2, 0) is 6.54 Å². The van der Waals surface area contributed by atoms with Crippen molar-refractivity contribution in [1.29, 1.82) is 0 Å². The first-order chi connectivity index (χ1) is 8.26. The number of rotatable bonds is 8. The molecule has 3 nitrogen and oxygen atoms in total. The first-order valence-electron chi connectivity index (χ1n) is 6.29. The first-order valence-corrected chi connectivity index (χ1v) is 7.09. The van der Waals surface area contributed by atoms with Crippen LogP contribution < -0.4 is 5.32 Å². The van der Waals surface area contributed by atoms with E-state index in [0.717, 1.165) is 36.3 Å². The van der Waals surface area contributed by atoms with Crippen molar-refractivity contribution in [3.8, 4) is 0 Å². The maximum Gasteiger partial charge on any atom is 0.0542 e. The minimum Gasteiger partial charge on any atom is -0.310 e. The Bertz CT molecular complexity index is 300. The molecule has 96 valence electrons. The van der Waals surface area contributed by atoms with Gasteiger partial charge in [0.1, 0.15) is 0 Å². The molecule has 1 aromatic rings. The van der Waals surface area contributed by atoms with E-state index < -0.39 is 0 Å². The highest BCUT2D eigenvalue weighted by atomic mass is 79.9. The molecular weight excluding hydrogens is 278 g/mol. The Labute approximate surface area is 113 Å². The van der Waals surface area contributed by atoms with Crippen LogP contribution in [0.2, 0.25) is 0 Å². The summed E-state index contributed by atoms with van der Waals surface area (Å²) in [5.74, 6) is 0. The van der Waals surface area contributed by atoms with E-state index >= 15 is 0 Å². The molecule has 0 unspecified atom stereocenters. The van der Waals surface area contributed by atoms with Gasteiger partial charge in [0.15, 0.2) is 0 Å². The third kappa shape index (κ3) is 6.15. The zero-order chi connectivity index (χ0) is 12.5. The van der Waals surface area contributed by atoms with Crippen LogP contribution in [-0.4, -0.2) is 36.1 Å². The van der Waals surface area contributed by atoms with Gasteiger partial charge in [-0.3, -0.25) is 4.98 Å². The van der Waals surface area contributed by atoms with Crippen LogP contribution in [0.4, 0.5) is 0 Å². The minimum atomic E-state index is 0.844. The van der Waals surface area contributed by atoms with Crippen molar-refractivity contribution in [1.82, 2.24) is 15.2 Å². The highest BCUT2D eigenvalue weighted by molar-refractivity contribution is 9.10. The second-order valence-corrected chi connectivity index (χ2v) is 4.99. The molecule has 0 saturated heterocycles. The lowest BCUT2D eigenvalue weighted by atomic mass is 10.3. The molecule has 0 aliphatic heterocycles. The molecule has 0 saturated carbocycles. The van der Waals surface area contributed by atoms with Gasteiger partial charge in [-0.15, -0.1) is 0 Å². The Morgan fingerprint density at radius 1 is 1.29 bits per heavy atom. The molecule has 0 spiro atoms. The van der Waals surface area contributed by atoms with Crippen LogP contribution >= 0.6 is 15.9 Å². The van der Waals surface area contributed by atoms with Crippen LogP contribution in [0.1, 0.15) is 26.0 Å². The standard InChI is InChI=1S/C13H22BrN3/c1-3-8-17(4-2)9-7-15-11-13-6-5-12(14)10-16-13/h5-6,10,15H,3-4,7-9,11H2,1-2H3. The molecule has 17 heavy (non-hydrogen) atoms. The summed E-state index contributed by atoms with van der Waals surface area (Å²) in [5, 5.41) is 3.42. The Hall–Kier alpha value is -0.450. The molecule has 1 N–H and O–H groups in total. The average molecular weight is 300 g/mol. The second-order valence-electron chi connectivity index (χ2n) is 4.08. The van der Waals surface area contributed by atoms with Gasteiger partial charge in [0.05, 0.1) is 5.69 Å². The first kappa shape index (κ1) is 14.6. The summed E-state index contributed by atoms with van der Waals surface area (Å²) in [6.07, 6.45) is 3.06. The van der Waals surface area contributed by atoms with E-state index in [-0.39, 0.29) is 0 Å². The summed E-state index contributed by atoms with van der Waals surface area (Å²) < 4.78 is 1.03. The van der Waals surface area contributed by atoms with Gasteiger partial charge in [-0.05, 0) is 47.6 Å². The molecule has 4 heteroatoms. The van der Waals surface area contributed by atoms with Crippen molar-refractivity contribution in [2.45, 2.75) is 26.8 Å². The van der Waals surface area contributed by atoms with Crippen LogP contribution in [0.25, 0.3) is 0 Å². The van der Waals surface area contributed by atoms with E-state index in [1.54, 1.807) is 0 Å². The fourth-order valence-corrected chi connectivity index (χ4v) is 1.94. The molecular formula is C13H22BrN3. The van der Waals surface area contributed by atoms with Crippen molar-refractivity contribution >= 4 is 15.9 Å². The maximum atomic E-state index is 4.33. The van der Waals surface area contributed by atoms with Gasteiger partial charge in [-0.2, -0.15) is 0 Å². The van der Waals surface area contributed by atoms with Gasteiger partial charge in [0, 0.05) is 30.3 Å². The van der Waals surface area contributed by atoms with Crippen LogP contribution in [0.15, 0.2) is 22.8 Å². The number of pyridine rings is 1. The average Bonchev–Trinajstić information content (AvgIpc) is 2.35. The second kappa shape index (κ2) is 8.61. The molecule has 0 fully saturated rings. The Morgan fingerprint density at radius 3 is 2.71 bits per heavy atom. The van der Waals surface area contributed by atoms with Crippen molar-refractivity contribution < 1.29 is 0 Å². The predicted octanol–water partition coefficient (Wildman–Crippen LogP) is 2.67. The third-order valence-electron chi connectivity index (χ3n) is 2.69. The molecule has 0 aliphatic rings. The van der Waals surface area contributed by atoms with Crippen molar-refractivity contribution in [2.24, 2.45) is 0 Å². The zero-order valence-electron chi connectivity index (χ0n) is 10.7. The molecule has 1 heterocycles. The lowest BCUT2D eigenvalue weighted by molar-refractivity contribution is 0.287. The van der Waals surface area contributed by atoms with E-state index in [2.05, 4.69) is 45.0 Å². The smallest absolute Gasteiger partial charge is 0.0542 e. The van der Waals surface area contributed by atoms with Crippen LogP contribution in [0, 0.1) is 0 Å². The Kier molecular flexibility index (Phi) is 7.40. The summed E-state index contributed by atoms with van der Waals surface area (Å²) in [5.41, 5.74) is 1.09. The maximum absolute atomic E-state index is 4.33. The number of aromatic nitrogens is 1. The van der Waals surface area contributed by atoms with Gasteiger partial charge in [-0.1, -0.05) is 13.8 Å². The topological polar surface area (TPSA) is 28.2 Å². The highest BCUT2D eigenvalue weighted by Crippen LogP contribution is 2.06. The SMILES string of the molecule is CCCN(CC)CCNCc1ccc(Br)cn1.